The fraction of sp³-hybridized carbons (Fsp3) is 0.500. The number of alkyl halides is 3. The van der Waals surface area contributed by atoms with Crippen molar-refractivity contribution in [3.63, 3.8) is 0 Å². The van der Waals surface area contributed by atoms with Gasteiger partial charge < -0.3 is 16.2 Å². The third-order valence-electron chi connectivity index (χ3n) is 6.09. The minimum absolute atomic E-state index is 0.00615. The number of aliphatic hydroxyl groups excluding tert-OH is 1. The van der Waals surface area contributed by atoms with E-state index in [1.807, 2.05) is 13.8 Å². The number of anilines is 1. The van der Waals surface area contributed by atoms with Crippen molar-refractivity contribution in [2.75, 3.05) is 5.32 Å². The number of primary amides is 1. The number of aromatic nitrogens is 2. The molecule has 1 aromatic heterocycles. The maximum atomic E-state index is 13.7. The highest BCUT2D eigenvalue weighted by Crippen LogP contribution is 2.42. The average Bonchev–Trinajstić information content (AvgIpc) is 3.24. The van der Waals surface area contributed by atoms with E-state index in [0.29, 0.717) is 24.9 Å². The molecule has 2 unspecified atom stereocenters. The Labute approximate surface area is 182 Å². The molecule has 10 heteroatoms. The van der Waals surface area contributed by atoms with Gasteiger partial charge in [-0.3, -0.25) is 9.59 Å². The zero-order valence-corrected chi connectivity index (χ0v) is 17.8. The van der Waals surface area contributed by atoms with Crippen LogP contribution in [0.3, 0.4) is 0 Å². The van der Waals surface area contributed by atoms with E-state index in [-0.39, 0.29) is 41.4 Å². The number of nitrogens with zero attached hydrogens (tertiary/aromatic N) is 2. The summed E-state index contributed by atoms with van der Waals surface area (Å²) in [5, 5.41) is 16.8. The number of halogens is 3. The van der Waals surface area contributed by atoms with E-state index < -0.39 is 35.1 Å². The monoisotopic (exact) mass is 450 g/mol. The number of aliphatic hydroxyl groups is 1. The zero-order valence-electron chi connectivity index (χ0n) is 17.8. The Bertz CT molecular complexity index is 1090. The standard InChI is InChI=1S/C22H25F3N4O3/c1-21(2)9-16-18(17(31)10-21)19(22(23,24)25)28-29(16)12-4-6-14(20(26)32)15(8-12)27-11-3-5-13(30)7-11/h4,6,8,11,13,27,30H,3,5,7,9-10H2,1-2H3,(H2,26,32). The van der Waals surface area contributed by atoms with Gasteiger partial charge in [-0.15, -0.1) is 0 Å². The van der Waals surface area contributed by atoms with E-state index in [1.165, 1.54) is 18.2 Å². The second kappa shape index (κ2) is 7.61. The summed E-state index contributed by atoms with van der Waals surface area (Å²) < 4.78 is 42.3. The van der Waals surface area contributed by atoms with Gasteiger partial charge in [0.25, 0.3) is 5.91 Å². The molecule has 0 bridgehead atoms. The lowest BCUT2D eigenvalue weighted by molar-refractivity contribution is -0.141. The highest BCUT2D eigenvalue weighted by Gasteiger charge is 2.45. The lowest BCUT2D eigenvalue weighted by Crippen LogP contribution is -2.29. The molecule has 2 aromatic rings. The van der Waals surface area contributed by atoms with E-state index in [1.54, 1.807) is 0 Å². The third-order valence-corrected chi connectivity index (χ3v) is 6.09. The summed E-state index contributed by atoms with van der Waals surface area (Å²) in [6.07, 6.45) is -3.20. The molecule has 2 aliphatic rings. The molecule has 4 N–H and O–H groups in total. The van der Waals surface area contributed by atoms with Crippen molar-refractivity contribution in [1.82, 2.24) is 9.78 Å². The molecule has 1 aromatic carbocycles. The number of rotatable bonds is 4. The Morgan fingerprint density at radius 1 is 1.28 bits per heavy atom. The van der Waals surface area contributed by atoms with Crippen LogP contribution in [-0.2, 0) is 12.6 Å². The molecular formula is C22H25F3N4O3. The van der Waals surface area contributed by atoms with E-state index in [0.717, 1.165) is 4.68 Å². The largest absolute Gasteiger partial charge is 0.435 e. The van der Waals surface area contributed by atoms with E-state index in [2.05, 4.69) is 10.4 Å². The Morgan fingerprint density at radius 3 is 2.59 bits per heavy atom. The van der Waals surface area contributed by atoms with Crippen LogP contribution < -0.4 is 11.1 Å². The van der Waals surface area contributed by atoms with E-state index >= 15 is 0 Å². The van der Waals surface area contributed by atoms with Crippen LogP contribution in [0.15, 0.2) is 18.2 Å². The van der Waals surface area contributed by atoms with Gasteiger partial charge in [0.15, 0.2) is 11.5 Å². The number of nitrogens with one attached hydrogen (secondary N) is 1. The van der Waals surface area contributed by atoms with E-state index in [9.17, 15) is 27.9 Å². The second-order valence-electron chi connectivity index (χ2n) is 9.42. The normalized spacial score (nSPS) is 22.6. The zero-order chi connectivity index (χ0) is 23.4. The maximum absolute atomic E-state index is 13.7. The number of carbonyl (C=O) groups is 2. The second-order valence-corrected chi connectivity index (χ2v) is 9.42. The maximum Gasteiger partial charge on any atom is 0.435 e. The van der Waals surface area contributed by atoms with Crippen molar-refractivity contribution < 1.29 is 27.9 Å². The lowest BCUT2D eigenvalue weighted by Gasteiger charge is -2.29. The molecule has 0 radical (unpaired) electrons. The van der Waals surface area contributed by atoms with Gasteiger partial charge in [0.1, 0.15) is 0 Å². The van der Waals surface area contributed by atoms with Crippen molar-refractivity contribution >= 4 is 17.4 Å². The van der Waals surface area contributed by atoms with Crippen LogP contribution in [0.4, 0.5) is 18.9 Å². The number of benzene rings is 1. The number of carbonyl (C=O) groups excluding carboxylic acids is 2. The highest BCUT2D eigenvalue weighted by molar-refractivity contribution is 6.00. The fourth-order valence-electron chi connectivity index (χ4n) is 4.67. The van der Waals surface area contributed by atoms with Crippen molar-refractivity contribution in [3.05, 3.63) is 40.7 Å². The molecule has 0 aliphatic heterocycles. The molecule has 172 valence electrons. The minimum atomic E-state index is -4.78. The Hall–Kier alpha value is -2.88. The van der Waals surface area contributed by atoms with Gasteiger partial charge in [0, 0.05) is 18.2 Å². The molecular weight excluding hydrogens is 425 g/mol. The number of fused-ring (bicyclic) bond motifs is 1. The summed E-state index contributed by atoms with van der Waals surface area (Å²) in [5.74, 6) is -1.27. The molecule has 0 spiro atoms. The Balaban J connectivity index is 1.84. The number of Topliss-reactive ketones (excluding diaryl/α,β-unsaturated/α-hetero) is 1. The molecule has 32 heavy (non-hydrogen) atoms. The van der Waals surface area contributed by atoms with Gasteiger partial charge in [-0.05, 0) is 49.3 Å². The van der Waals surface area contributed by atoms with Crippen molar-refractivity contribution in [2.24, 2.45) is 11.1 Å². The predicted molar refractivity (Wildman–Crippen MR) is 111 cm³/mol. The van der Waals surface area contributed by atoms with Crippen molar-refractivity contribution in [1.29, 1.82) is 0 Å². The number of ketones is 1. The first-order valence-corrected chi connectivity index (χ1v) is 10.5. The van der Waals surface area contributed by atoms with Crippen LogP contribution in [0, 0.1) is 5.41 Å². The molecule has 1 heterocycles. The summed E-state index contributed by atoms with van der Waals surface area (Å²) in [6.45, 7) is 3.65. The van der Waals surface area contributed by atoms with Crippen LogP contribution in [0.2, 0.25) is 0 Å². The summed E-state index contributed by atoms with van der Waals surface area (Å²) in [4.78, 5) is 24.6. The predicted octanol–water partition coefficient (Wildman–Crippen LogP) is 3.47. The lowest BCUT2D eigenvalue weighted by atomic mass is 9.75. The topological polar surface area (TPSA) is 110 Å². The molecule has 2 atom stereocenters. The van der Waals surface area contributed by atoms with Crippen molar-refractivity contribution in [2.45, 2.75) is 64.3 Å². The van der Waals surface area contributed by atoms with Crippen LogP contribution in [-0.4, -0.2) is 38.7 Å². The number of hydrogen-bond acceptors (Lipinski definition) is 5. The van der Waals surface area contributed by atoms with Gasteiger partial charge in [-0.25, -0.2) is 4.68 Å². The first kappa shape index (κ1) is 22.3. The fourth-order valence-corrected chi connectivity index (χ4v) is 4.67. The third kappa shape index (κ3) is 4.11. The smallest absolute Gasteiger partial charge is 0.393 e. The molecule has 7 nitrogen and oxygen atoms in total. The van der Waals surface area contributed by atoms with Crippen molar-refractivity contribution in [3.8, 4) is 5.69 Å². The summed E-state index contributed by atoms with van der Waals surface area (Å²) >= 11 is 0. The molecule has 1 saturated carbocycles. The molecule has 2 aliphatic carbocycles. The number of nitrogens with two attached hydrogens (primary N) is 1. The number of hydrogen-bond donors (Lipinski definition) is 3. The summed E-state index contributed by atoms with van der Waals surface area (Å²) in [5.41, 5.74) is 4.42. The molecule has 0 saturated heterocycles. The van der Waals surface area contributed by atoms with Crippen LogP contribution in [0.25, 0.3) is 5.69 Å². The van der Waals surface area contributed by atoms with E-state index in [4.69, 9.17) is 5.73 Å². The average molecular weight is 450 g/mol. The van der Waals surface area contributed by atoms with Gasteiger partial charge in [0.05, 0.1) is 28.6 Å². The molecule has 4 rings (SSSR count). The molecule has 1 fully saturated rings. The van der Waals surface area contributed by atoms with Gasteiger partial charge in [0.2, 0.25) is 0 Å². The van der Waals surface area contributed by atoms with Crippen LogP contribution in [0.1, 0.15) is 71.6 Å². The first-order valence-electron chi connectivity index (χ1n) is 10.5. The highest BCUT2D eigenvalue weighted by atomic mass is 19.4. The first-order chi connectivity index (χ1) is 14.9. The summed E-state index contributed by atoms with van der Waals surface area (Å²) in [6, 6.07) is 4.32. The van der Waals surface area contributed by atoms with Gasteiger partial charge >= 0.3 is 6.18 Å². The van der Waals surface area contributed by atoms with Crippen LogP contribution >= 0.6 is 0 Å². The minimum Gasteiger partial charge on any atom is -0.393 e. The Kier molecular flexibility index (Phi) is 5.31. The SMILES string of the molecule is CC1(C)CC(=O)c2c(C(F)(F)F)nn(-c3ccc(C(N)=O)c(NC4CCC(O)C4)c3)c2C1. The quantitative estimate of drug-likeness (QED) is 0.661. The molecule has 1 amide bonds. The van der Waals surface area contributed by atoms with Gasteiger partial charge in [-0.2, -0.15) is 18.3 Å². The van der Waals surface area contributed by atoms with Gasteiger partial charge in [-0.1, -0.05) is 13.8 Å². The Morgan fingerprint density at radius 2 is 2.00 bits per heavy atom. The van der Waals surface area contributed by atoms with Crippen LogP contribution in [0.5, 0.6) is 0 Å². The number of amides is 1. The summed E-state index contributed by atoms with van der Waals surface area (Å²) in [7, 11) is 0.